The molecule has 0 radical (unpaired) electrons. The summed E-state index contributed by atoms with van der Waals surface area (Å²) in [5.41, 5.74) is 10.2. The van der Waals surface area contributed by atoms with Crippen molar-refractivity contribution in [2.24, 2.45) is 5.73 Å². The molecule has 2 aromatic carbocycles. The zero-order chi connectivity index (χ0) is 22.4. The average Bonchev–Trinajstić information content (AvgIpc) is 2.91. The fourth-order valence-corrected chi connectivity index (χ4v) is 4.83. The Kier molecular flexibility index (Phi) is 5.01. The first-order chi connectivity index (χ1) is 15.4. The minimum Gasteiger partial charge on any atom is -0.365 e. The molecular formula is C24H24N4O4. The van der Waals surface area contributed by atoms with Crippen molar-refractivity contribution >= 4 is 29.3 Å². The molecule has 3 heterocycles. The number of carbonyl (C=O) groups excluding carboxylic acids is 4. The number of para-hydroxylation sites is 1. The van der Waals surface area contributed by atoms with E-state index in [0.717, 1.165) is 29.0 Å². The highest BCUT2D eigenvalue weighted by Gasteiger charge is 2.44. The van der Waals surface area contributed by atoms with E-state index in [1.54, 1.807) is 12.1 Å². The summed E-state index contributed by atoms with van der Waals surface area (Å²) in [7, 11) is 0. The second-order valence-corrected chi connectivity index (χ2v) is 8.64. The zero-order valence-electron chi connectivity index (χ0n) is 17.5. The molecule has 8 heteroatoms. The summed E-state index contributed by atoms with van der Waals surface area (Å²) in [6.07, 6.45) is 2.08. The number of carbonyl (C=O) groups is 4. The minimum atomic E-state index is -0.959. The van der Waals surface area contributed by atoms with Gasteiger partial charge in [-0.3, -0.25) is 29.4 Å². The van der Waals surface area contributed by atoms with E-state index in [4.69, 9.17) is 5.73 Å². The van der Waals surface area contributed by atoms with Crippen LogP contribution in [0.4, 0.5) is 5.69 Å². The molecule has 0 aromatic heterocycles. The molecular weight excluding hydrogens is 408 g/mol. The second-order valence-electron chi connectivity index (χ2n) is 8.64. The zero-order valence-corrected chi connectivity index (χ0v) is 17.5. The minimum absolute atomic E-state index is 0.0445. The lowest BCUT2D eigenvalue weighted by Crippen LogP contribution is -2.54. The van der Waals surface area contributed by atoms with Crippen molar-refractivity contribution in [3.8, 4) is 0 Å². The lowest BCUT2D eigenvalue weighted by atomic mass is 10.0. The number of nitrogens with two attached hydrogens (primary N) is 1. The van der Waals surface area contributed by atoms with Gasteiger partial charge in [-0.2, -0.15) is 0 Å². The monoisotopic (exact) mass is 432 g/mol. The van der Waals surface area contributed by atoms with Crippen LogP contribution < -0.4 is 16.0 Å². The van der Waals surface area contributed by atoms with Crippen molar-refractivity contribution in [3.05, 3.63) is 64.7 Å². The van der Waals surface area contributed by atoms with E-state index in [1.165, 1.54) is 5.56 Å². The fourth-order valence-electron chi connectivity index (χ4n) is 4.83. The van der Waals surface area contributed by atoms with Gasteiger partial charge in [0.05, 0.1) is 11.1 Å². The Bertz CT molecular complexity index is 1140. The third kappa shape index (κ3) is 3.46. The van der Waals surface area contributed by atoms with Gasteiger partial charge < -0.3 is 10.6 Å². The highest BCUT2D eigenvalue weighted by atomic mass is 16.2. The van der Waals surface area contributed by atoms with Crippen LogP contribution in [0.3, 0.4) is 0 Å². The molecule has 3 N–H and O–H groups in total. The lowest BCUT2D eigenvalue weighted by Gasteiger charge is -2.27. The molecule has 2 aromatic rings. The quantitative estimate of drug-likeness (QED) is 0.709. The second kappa shape index (κ2) is 7.87. The Morgan fingerprint density at radius 1 is 0.938 bits per heavy atom. The normalized spacial score (nSPS) is 23.0. The van der Waals surface area contributed by atoms with Crippen LogP contribution in [0.1, 0.15) is 51.1 Å². The summed E-state index contributed by atoms with van der Waals surface area (Å²) in [5.74, 6) is -1.98. The number of nitrogens with zero attached hydrogens (tertiary/aromatic N) is 2. The van der Waals surface area contributed by atoms with Crippen molar-refractivity contribution in [3.63, 3.8) is 0 Å². The topological polar surface area (TPSA) is 113 Å². The molecule has 4 amide bonds. The van der Waals surface area contributed by atoms with E-state index in [1.807, 2.05) is 18.2 Å². The van der Waals surface area contributed by atoms with Crippen LogP contribution in [-0.4, -0.2) is 47.2 Å². The number of amides is 4. The maximum atomic E-state index is 13.1. The summed E-state index contributed by atoms with van der Waals surface area (Å²) < 4.78 is 0. The number of aryl methyl sites for hydroxylation is 1. The third-order valence-corrected chi connectivity index (χ3v) is 6.45. The number of fused-ring (bicyclic) bond motifs is 2. The summed E-state index contributed by atoms with van der Waals surface area (Å²) in [5, 5.41) is 2.22. The largest absolute Gasteiger partial charge is 0.365 e. The summed E-state index contributed by atoms with van der Waals surface area (Å²) in [6.45, 7) is 1.25. The maximum absolute atomic E-state index is 13.1. The van der Waals surface area contributed by atoms with Crippen molar-refractivity contribution in [1.29, 1.82) is 0 Å². The van der Waals surface area contributed by atoms with Gasteiger partial charge in [-0.1, -0.05) is 24.3 Å². The number of piperidine rings is 1. The molecule has 3 aliphatic rings. The number of rotatable bonds is 3. The predicted molar refractivity (Wildman–Crippen MR) is 117 cm³/mol. The van der Waals surface area contributed by atoms with Crippen molar-refractivity contribution in [2.45, 2.75) is 44.3 Å². The Labute approximate surface area is 185 Å². The fraction of sp³-hybridized carbons (Fsp3) is 0.333. The van der Waals surface area contributed by atoms with Crippen LogP contribution in [0.5, 0.6) is 0 Å². The van der Waals surface area contributed by atoms with E-state index in [-0.39, 0.29) is 30.4 Å². The molecule has 8 nitrogen and oxygen atoms in total. The van der Waals surface area contributed by atoms with Gasteiger partial charge in [-0.25, -0.2) is 0 Å². The van der Waals surface area contributed by atoms with E-state index < -0.39 is 23.8 Å². The van der Waals surface area contributed by atoms with Gasteiger partial charge in [0.2, 0.25) is 11.8 Å². The first-order valence-corrected chi connectivity index (χ1v) is 10.9. The first-order valence-electron chi connectivity index (χ1n) is 10.9. The SMILES string of the molecule is NC1CCc2ccccc2N(Cc2ccc3c(c2)C(=O)N(C2CCC(=O)NC2=O)C3=O)C1. The van der Waals surface area contributed by atoms with Gasteiger partial charge in [-0.05, 0) is 48.6 Å². The Balaban J connectivity index is 1.42. The van der Waals surface area contributed by atoms with Gasteiger partial charge in [0.15, 0.2) is 0 Å². The number of imide groups is 2. The van der Waals surface area contributed by atoms with Gasteiger partial charge >= 0.3 is 0 Å². The standard InChI is InChI=1S/C24H24N4O4/c25-16-7-6-15-3-1-2-4-19(15)27(13-16)12-14-5-8-17-18(11-14)24(32)28(23(17)31)20-9-10-21(29)26-22(20)30/h1-5,8,11,16,20H,6-7,9-10,12-13,25H2,(H,26,29,30). The highest BCUT2D eigenvalue weighted by molar-refractivity contribution is 6.23. The molecule has 2 atom stereocenters. The van der Waals surface area contributed by atoms with E-state index in [2.05, 4.69) is 22.3 Å². The summed E-state index contributed by atoms with van der Waals surface area (Å²) in [4.78, 5) is 52.9. The third-order valence-electron chi connectivity index (χ3n) is 6.45. The van der Waals surface area contributed by atoms with Crippen molar-refractivity contribution in [1.82, 2.24) is 10.2 Å². The number of hydrogen-bond acceptors (Lipinski definition) is 6. The Morgan fingerprint density at radius 3 is 2.53 bits per heavy atom. The smallest absolute Gasteiger partial charge is 0.262 e. The van der Waals surface area contributed by atoms with Gasteiger partial charge in [-0.15, -0.1) is 0 Å². The maximum Gasteiger partial charge on any atom is 0.262 e. The number of benzene rings is 2. The molecule has 0 spiro atoms. The first kappa shape index (κ1) is 20.4. The van der Waals surface area contributed by atoms with Crippen LogP contribution >= 0.6 is 0 Å². The Hall–Kier alpha value is -3.52. The van der Waals surface area contributed by atoms with Gasteiger partial charge in [0.25, 0.3) is 11.8 Å². The molecule has 32 heavy (non-hydrogen) atoms. The summed E-state index contributed by atoms with van der Waals surface area (Å²) >= 11 is 0. The van der Waals surface area contributed by atoms with Crippen LogP contribution in [0, 0.1) is 0 Å². The Morgan fingerprint density at radius 2 is 1.72 bits per heavy atom. The van der Waals surface area contributed by atoms with Crippen LogP contribution in [0.2, 0.25) is 0 Å². The lowest BCUT2D eigenvalue weighted by molar-refractivity contribution is -0.136. The van der Waals surface area contributed by atoms with E-state index >= 15 is 0 Å². The molecule has 5 rings (SSSR count). The predicted octanol–water partition coefficient (Wildman–Crippen LogP) is 1.37. The molecule has 3 aliphatic heterocycles. The molecule has 164 valence electrons. The number of anilines is 1. The van der Waals surface area contributed by atoms with Gasteiger partial charge in [0, 0.05) is 31.2 Å². The molecule has 1 fully saturated rings. The van der Waals surface area contributed by atoms with Crippen LogP contribution in [0.25, 0.3) is 0 Å². The van der Waals surface area contributed by atoms with Crippen molar-refractivity contribution in [2.75, 3.05) is 11.4 Å². The number of nitrogens with one attached hydrogen (secondary N) is 1. The molecule has 0 bridgehead atoms. The molecule has 0 saturated carbocycles. The number of hydrogen-bond donors (Lipinski definition) is 2. The van der Waals surface area contributed by atoms with E-state index in [0.29, 0.717) is 18.7 Å². The highest BCUT2D eigenvalue weighted by Crippen LogP contribution is 2.31. The van der Waals surface area contributed by atoms with E-state index in [9.17, 15) is 19.2 Å². The van der Waals surface area contributed by atoms with Crippen molar-refractivity contribution < 1.29 is 19.2 Å². The van der Waals surface area contributed by atoms with Crippen LogP contribution in [0.15, 0.2) is 42.5 Å². The average molecular weight is 432 g/mol. The molecule has 2 unspecified atom stereocenters. The van der Waals surface area contributed by atoms with Gasteiger partial charge in [0.1, 0.15) is 6.04 Å². The molecule has 1 saturated heterocycles. The summed E-state index contributed by atoms with van der Waals surface area (Å²) in [6, 6.07) is 12.5. The van der Waals surface area contributed by atoms with Crippen LogP contribution in [-0.2, 0) is 22.6 Å². The molecule has 0 aliphatic carbocycles.